The van der Waals surface area contributed by atoms with Gasteiger partial charge in [0.05, 0.1) is 71.7 Å². The van der Waals surface area contributed by atoms with Gasteiger partial charge in [-0.25, -0.2) is 13.7 Å². The summed E-state index contributed by atoms with van der Waals surface area (Å²) in [5.74, 6) is 0.279. The fourth-order valence-corrected chi connectivity index (χ4v) is 11.2. The molecule has 1 saturated carbocycles. The van der Waals surface area contributed by atoms with Crippen LogP contribution in [0.15, 0.2) is 5.11 Å². The number of ether oxygens (including phenoxy) is 6. The van der Waals surface area contributed by atoms with Gasteiger partial charge in [0, 0.05) is 35.6 Å². The molecule has 21 nitrogen and oxygen atoms in total. The zero-order valence-corrected chi connectivity index (χ0v) is 37.7. The third-order valence-electron chi connectivity index (χ3n) is 8.79. The van der Waals surface area contributed by atoms with Crippen molar-refractivity contribution in [2.45, 2.75) is 114 Å². The molecule has 5 atom stereocenters. The predicted molar refractivity (Wildman–Crippen MR) is 217 cm³/mol. The number of carbonyl (C=O) groups excluding carboxylic acids is 1. The summed E-state index contributed by atoms with van der Waals surface area (Å²) in [6.07, 6.45) is 10.2. The Morgan fingerprint density at radius 1 is 0.828 bits per heavy atom. The minimum absolute atomic E-state index is 0.157. The monoisotopic (exact) mass is 932 g/mol. The Morgan fingerprint density at radius 3 is 1.95 bits per heavy atom. The molecule has 2 aliphatic rings. The molecule has 0 bridgehead atoms. The van der Waals surface area contributed by atoms with Crippen molar-refractivity contribution < 1.29 is 79.6 Å². The van der Waals surface area contributed by atoms with E-state index in [0.717, 1.165) is 38.5 Å². The Labute approximate surface area is 348 Å². The van der Waals surface area contributed by atoms with Crippen LogP contribution in [-0.4, -0.2) is 127 Å². The number of azide groups is 1. The molecule has 0 spiro atoms. The molecule has 0 aromatic carbocycles. The highest BCUT2D eigenvalue weighted by Gasteiger charge is 2.44. The molecule has 0 radical (unpaired) electrons. The summed E-state index contributed by atoms with van der Waals surface area (Å²) in [4.78, 5) is 52.4. The number of nitrogens with one attached hydrogen (secondary N) is 1. The highest BCUT2D eigenvalue weighted by atomic mass is 33.1. The highest BCUT2D eigenvalue weighted by Crippen LogP contribution is 2.66. The molecule has 0 aromatic heterocycles. The van der Waals surface area contributed by atoms with E-state index in [4.69, 9.17) is 48.3 Å². The number of phosphoric ester groups is 1. The summed E-state index contributed by atoms with van der Waals surface area (Å²) in [7, 11) is -13.6. The molecule has 2 fully saturated rings. The van der Waals surface area contributed by atoms with Crippen molar-refractivity contribution in [3.05, 3.63) is 10.4 Å². The molecule has 1 aliphatic carbocycles. The molecule has 3 unspecified atom stereocenters. The molecule has 0 aromatic rings. The van der Waals surface area contributed by atoms with Crippen molar-refractivity contribution >= 4 is 51.0 Å². The summed E-state index contributed by atoms with van der Waals surface area (Å²) in [6, 6.07) is 0. The van der Waals surface area contributed by atoms with E-state index < -0.39 is 42.3 Å². The fraction of sp³-hybridized carbons (Fsp3) is 0.969. The first-order valence-corrected chi connectivity index (χ1v) is 26.3. The molecular formula is C32H63N4O17P3S2. The number of hydrogen-bond donors (Lipinski definition) is 5. The Kier molecular flexibility index (Phi) is 27.7. The second-order valence-electron chi connectivity index (χ2n) is 14.2. The van der Waals surface area contributed by atoms with Crippen molar-refractivity contribution in [1.82, 2.24) is 5.32 Å². The highest BCUT2D eigenvalue weighted by molar-refractivity contribution is 8.77. The molecule has 1 saturated heterocycles. The molecule has 26 heteroatoms. The second kappa shape index (κ2) is 29.9. The first-order valence-electron chi connectivity index (χ1n) is 19.5. The summed E-state index contributed by atoms with van der Waals surface area (Å²) < 4.78 is 81.7. The average molecular weight is 933 g/mol. The lowest BCUT2D eigenvalue weighted by Crippen LogP contribution is -2.36. The van der Waals surface area contributed by atoms with Crippen LogP contribution in [0.2, 0.25) is 0 Å². The van der Waals surface area contributed by atoms with Gasteiger partial charge >= 0.3 is 23.5 Å². The third-order valence-corrected chi connectivity index (χ3v) is 15.5. The Bertz CT molecular complexity index is 1340. The van der Waals surface area contributed by atoms with Crippen LogP contribution in [0.5, 0.6) is 0 Å². The molecular weight excluding hydrogens is 869 g/mol. The van der Waals surface area contributed by atoms with Crippen molar-refractivity contribution in [2.75, 3.05) is 78.5 Å². The molecule has 58 heavy (non-hydrogen) atoms. The van der Waals surface area contributed by atoms with Gasteiger partial charge in [0.2, 0.25) is 5.91 Å². The molecule has 5 N–H and O–H groups in total. The Morgan fingerprint density at radius 2 is 1.38 bits per heavy atom. The van der Waals surface area contributed by atoms with Gasteiger partial charge in [-0.2, -0.15) is 8.62 Å². The number of phosphoric acid groups is 3. The van der Waals surface area contributed by atoms with Gasteiger partial charge in [0.1, 0.15) is 12.0 Å². The number of carbonyl (C=O) groups is 1. The average Bonchev–Trinajstić information content (AvgIpc) is 3.51. The molecule has 340 valence electrons. The van der Waals surface area contributed by atoms with Gasteiger partial charge < -0.3 is 53.3 Å². The number of rotatable bonds is 30. The Balaban J connectivity index is 1.75. The van der Waals surface area contributed by atoms with E-state index in [1.54, 1.807) is 0 Å². The van der Waals surface area contributed by atoms with Crippen molar-refractivity contribution in [2.24, 2.45) is 11.0 Å². The van der Waals surface area contributed by atoms with Crippen LogP contribution in [0.4, 0.5) is 0 Å². The SMILES string of the molecule is CC(C)(CNC(=O)CCOCCOCCOCCOCCN=[N+]=[N-])SSCOC1C[C@H](C2CCCCCCCCCC2)O[C@@H]1COP(=O)(O)OP(=O)(O)OP(=O)(O)O. The third kappa shape index (κ3) is 27.6. The maximum Gasteiger partial charge on any atom is 0.490 e. The van der Waals surface area contributed by atoms with Gasteiger partial charge in [0.15, 0.2) is 0 Å². The lowest BCUT2D eigenvalue weighted by molar-refractivity contribution is -0.122. The minimum Gasteiger partial charge on any atom is -0.379 e. The van der Waals surface area contributed by atoms with Crippen LogP contribution >= 0.6 is 45.1 Å². The topological polar surface area (TPSA) is 293 Å². The quantitative estimate of drug-likeness (QED) is 0.00989. The summed E-state index contributed by atoms with van der Waals surface area (Å²) in [5.41, 5.74) is 8.19. The summed E-state index contributed by atoms with van der Waals surface area (Å²) in [5, 5.41) is 6.29. The van der Waals surface area contributed by atoms with E-state index in [1.165, 1.54) is 47.3 Å². The normalized spacial score (nSPS) is 22.3. The van der Waals surface area contributed by atoms with Gasteiger partial charge in [-0.15, -0.1) is 0 Å². The van der Waals surface area contributed by atoms with Crippen molar-refractivity contribution in [3.8, 4) is 0 Å². The van der Waals surface area contributed by atoms with E-state index in [2.05, 4.69) is 24.0 Å². The minimum atomic E-state index is -5.67. The van der Waals surface area contributed by atoms with Crippen LogP contribution in [0.1, 0.15) is 90.9 Å². The molecule has 1 aliphatic heterocycles. The smallest absolute Gasteiger partial charge is 0.379 e. The molecule has 1 amide bonds. The van der Waals surface area contributed by atoms with Gasteiger partial charge in [0.25, 0.3) is 0 Å². The van der Waals surface area contributed by atoms with E-state index >= 15 is 0 Å². The predicted octanol–water partition coefficient (Wildman–Crippen LogP) is 6.40. The number of hydrogen-bond acceptors (Lipinski definition) is 16. The van der Waals surface area contributed by atoms with Gasteiger partial charge in [-0.1, -0.05) is 78.1 Å². The van der Waals surface area contributed by atoms with Crippen LogP contribution in [0.25, 0.3) is 10.4 Å². The van der Waals surface area contributed by atoms with Crippen molar-refractivity contribution in [3.63, 3.8) is 0 Å². The van der Waals surface area contributed by atoms with E-state index in [9.17, 15) is 28.3 Å². The van der Waals surface area contributed by atoms with Gasteiger partial charge in [-0.3, -0.25) is 9.32 Å². The zero-order valence-electron chi connectivity index (χ0n) is 33.4. The van der Waals surface area contributed by atoms with Crippen LogP contribution in [0, 0.1) is 5.92 Å². The molecule has 2 rings (SSSR count). The first kappa shape index (κ1) is 53.8. The fourth-order valence-electron chi connectivity index (χ4n) is 6.04. The lowest BCUT2D eigenvalue weighted by Gasteiger charge is -2.25. The molecule has 1 heterocycles. The lowest BCUT2D eigenvalue weighted by atomic mass is 9.88. The van der Waals surface area contributed by atoms with Gasteiger partial charge in [-0.05, 0) is 38.1 Å². The zero-order chi connectivity index (χ0) is 42.8. The van der Waals surface area contributed by atoms with E-state index in [1.807, 2.05) is 13.8 Å². The van der Waals surface area contributed by atoms with E-state index in [0.29, 0.717) is 59.2 Å². The first-order chi connectivity index (χ1) is 27.5. The summed E-state index contributed by atoms with van der Waals surface area (Å²) in [6.45, 7) is 6.92. The maximum atomic E-state index is 12.5. The number of nitrogens with zero attached hydrogens (tertiary/aromatic N) is 3. The second-order valence-corrected chi connectivity index (χ2v) is 21.6. The summed E-state index contributed by atoms with van der Waals surface area (Å²) >= 11 is 0. The van der Waals surface area contributed by atoms with Crippen LogP contribution < -0.4 is 5.32 Å². The van der Waals surface area contributed by atoms with Crippen LogP contribution in [-0.2, 0) is 60.1 Å². The Hall–Kier alpha value is -0.350. The standard InChI is InChI=1S/C32H63N4O17P3S2/c1-32(2,25-34-31(37)13-15-45-17-19-47-21-22-48-20-18-46-16-14-35-36-33)58-57-26-49-29-23-28(27-11-9-7-5-3-4-6-8-10-12-27)51-30(29)24-50-55(41,42)53-56(43,44)52-54(38,39)40/h27-30H,3-26H2,1-2H3,(H,34,37)(H,41,42)(H,43,44)(H2,38,39,40)/t28-,29?,30-/m1/s1. The van der Waals surface area contributed by atoms with Crippen molar-refractivity contribution in [1.29, 1.82) is 0 Å². The largest absolute Gasteiger partial charge is 0.490 e. The van der Waals surface area contributed by atoms with E-state index in [-0.39, 0.29) is 48.2 Å². The number of amides is 1. The van der Waals surface area contributed by atoms with Crippen LogP contribution in [0.3, 0.4) is 0 Å². The maximum absolute atomic E-state index is 12.5.